The molecule has 2 aromatic rings. The summed E-state index contributed by atoms with van der Waals surface area (Å²) in [5.41, 5.74) is 5.55. The van der Waals surface area contributed by atoms with Gasteiger partial charge in [-0.25, -0.2) is 0 Å². The second-order valence-corrected chi connectivity index (χ2v) is 5.99. The van der Waals surface area contributed by atoms with E-state index in [1.807, 2.05) is 0 Å². The quantitative estimate of drug-likeness (QED) is 0.699. The van der Waals surface area contributed by atoms with Crippen LogP contribution in [0.1, 0.15) is 42.1 Å². The minimum atomic E-state index is 0.404. The average Bonchev–Trinajstić information content (AvgIpc) is 2.55. The number of fused-ring (bicyclic) bond motifs is 1. The van der Waals surface area contributed by atoms with Gasteiger partial charge in [0, 0.05) is 11.1 Å². The molecule has 0 amide bonds. The van der Waals surface area contributed by atoms with Crippen LogP contribution in [0.4, 0.5) is 0 Å². The molecule has 0 N–H and O–H groups in total. The molecule has 1 heterocycles. The lowest BCUT2D eigenvalue weighted by atomic mass is 9.88. The SMILES string of the molecule is CC[N+]1(CC)C=Cc2ccccc2C1c1ccc(C)cc1. The Bertz CT molecular complexity index is 648. The van der Waals surface area contributed by atoms with Crippen molar-refractivity contribution in [3.63, 3.8) is 0 Å². The standard InChI is InChI=1S/C20H24N/c1-4-21(5-2)15-14-17-8-6-7-9-19(17)20(21)18-12-10-16(3)11-13-18/h6-15,20H,4-5H2,1-3H3/q+1. The highest BCUT2D eigenvalue weighted by molar-refractivity contribution is 5.57. The molecule has 0 saturated heterocycles. The van der Waals surface area contributed by atoms with E-state index in [0.717, 1.165) is 17.6 Å². The monoisotopic (exact) mass is 278 g/mol. The summed E-state index contributed by atoms with van der Waals surface area (Å²) in [6.45, 7) is 8.96. The van der Waals surface area contributed by atoms with Gasteiger partial charge in [-0.15, -0.1) is 0 Å². The number of hydrogen-bond donors (Lipinski definition) is 0. The lowest BCUT2D eigenvalue weighted by molar-refractivity contribution is -0.901. The van der Waals surface area contributed by atoms with Crippen LogP contribution in [0.2, 0.25) is 0 Å². The summed E-state index contributed by atoms with van der Waals surface area (Å²) in [4.78, 5) is 0. The van der Waals surface area contributed by atoms with Crippen molar-refractivity contribution < 1.29 is 4.48 Å². The number of quaternary nitrogens is 1. The van der Waals surface area contributed by atoms with E-state index in [1.165, 1.54) is 22.3 Å². The summed E-state index contributed by atoms with van der Waals surface area (Å²) >= 11 is 0. The van der Waals surface area contributed by atoms with Crippen molar-refractivity contribution in [2.45, 2.75) is 26.8 Å². The zero-order chi connectivity index (χ0) is 14.9. The van der Waals surface area contributed by atoms with Gasteiger partial charge in [0.25, 0.3) is 0 Å². The van der Waals surface area contributed by atoms with Crippen molar-refractivity contribution in [1.29, 1.82) is 0 Å². The maximum atomic E-state index is 2.40. The number of nitrogens with zero attached hydrogens (tertiary/aromatic N) is 1. The molecule has 0 spiro atoms. The maximum absolute atomic E-state index is 2.40. The van der Waals surface area contributed by atoms with E-state index in [9.17, 15) is 0 Å². The number of rotatable bonds is 3. The van der Waals surface area contributed by atoms with E-state index < -0.39 is 0 Å². The van der Waals surface area contributed by atoms with Crippen LogP contribution in [0.5, 0.6) is 0 Å². The van der Waals surface area contributed by atoms with Gasteiger partial charge in [0.15, 0.2) is 0 Å². The largest absolute Gasteiger partial charge is 0.288 e. The van der Waals surface area contributed by atoms with Gasteiger partial charge >= 0.3 is 0 Å². The fraction of sp³-hybridized carbons (Fsp3) is 0.300. The minimum Gasteiger partial charge on any atom is -0.288 e. The molecule has 1 aliphatic rings. The number of hydrogen-bond acceptors (Lipinski definition) is 0. The van der Waals surface area contributed by atoms with E-state index in [4.69, 9.17) is 0 Å². The molecule has 1 nitrogen and oxygen atoms in total. The maximum Gasteiger partial charge on any atom is 0.145 e. The summed E-state index contributed by atoms with van der Waals surface area (Å²) in [5, 5.41) is 0. The molecule has 0 saturated carbocycles. The van der Waals surface area contributed by atoms with Crippen molar-refractivity contribution in [2.75, 3.05) is 13.1 Å². The Morgan fingerprint density at radius 1 is 0.905 bits per heavy atom. The van der Waals surface area contributed by atoms with Gasteiger partial charge in [0.2, 0.25) is 0 Å². The molecule has 0 fully saturated rings. The van der Waals surface area contributed by atoms with E-state index >= 15 is 0 Å². The summed E-state index contributed by atoms with van der Waals surface area (Å²) in [7, 11) is 0. The average molecular weight is 278 g/mol. The summed E-state index contributed by atoms with van der Waals surface area (Å²) in [6.07, 6.45) is 4.69. The smallest absolute Gasteiger partial charge is 0.145 e. The molecule has 0 aromatic heterocycles. The Balaban J connectivity index is 2.19. The first-order valence-corrected chi connectivity index (χ1v) is 7.91. The normalized spacial score (nSPS) is 19.3. The Labute approximate surface area is 128 Å². The van der Waals surface area contributed by atoms with Crippen LogP contribution in [0.15, 0.2) is 54.7 Å². The lowest BCUT2D eigenvalue weighted by Gasteiger charge is -2.43. The summed E-state index contributed by atoms with van der Waals surface area (Å²) < 4.78 is 1.00. The molecule has 1 aliphatic heterocycles. The Morgan fingerprint density at radius 2 is 1.57 bits per heavy atom. The van der Waals surface area contributed by atoms with Gasteiger partial charge in [-0.05, 0) is 32.4 Å². The summed E-state index contributed by atoms with van der Waals surface area (Å²) in [5.74, 6) is 0. The molecule has 0 radical (unpaired) electrons. The molecule has 21 heavy (non-hydrogen) atoms. The Hall–Kier alpha value is -1.86. The van der Waals surface area contributed by atoms with Crippen LogP contribution in [0.25, 0.3) is 6.08 Å². The second kappa shape index (κ2) is 5.50. The van der Waals surface area contributed by atoms with E-state index in [1.54, 1.807) is 0 Å². The van der Waals surface area contributed by atoms with Crippen LogP contribution >= 0.6 is 0 Å². The van der Waals surface area contributed by atoms with Crippen LogP contribution in [-0.4, -0.2) is 17.6 Å². The highest BCUT2D eigenvalue weighted by Crippen LogP contribution is 2.41. The summed E-state index contributed by atoms with van der Waals surface area (Å²) in [6, 6.07) is 18.3. The molecule has 2 aromatic carbocycles. The van der Waals surface area contributed by atoms with Crippen molar-refractivity contribution in [1.82, 2.24) is 0 Å². The highest BCUT2D eigenvalue weighted by atomic mass is 15.4. The van der Waals surface area contributed by atoms with E-state index in [-0.39, 0.29) is 0 Å². The molecular weight excluding hydrogens is 254 g/mol. The fourth-order valence-electron chi connectivity index (χ4n) is 3.53. The second-order valence-electron chi connectivity index (χ2n) is 5.99. The van der Waals surface area contributed by atoms with Crippen molar-refractivity contribution in [3.05, 3.63) is 77.0 Å². The number of aryl methyl sites for hydroxylation is 1. The fourth-order valence-corrected chi connectivity index (χ4v) is 3.53. The van der Waals surface area contributed by atoms with Gasteiger partial charge in [-0.3, -0.25) is 4.48 Å². The third kappa shape index (κ3) is 2.32. The van der Waals surface area contributed by atoms with Crippen LogP contribution in [0, 0.1) is 6.92 Å². The van der Waals surface area contributed by atoms with Crippen molar-refractivity contribution in [2.24, 2.45) is 0 Å². The van der Waals surface area contributed by atoms with Gasteiger partial charge in [0.1, 0.15) is 6.04 Å². The first-order chi connectivity index (χ1) is 10.2. The predicted molar refractivity (Wildman–Crippen MR) is 89.8 cm³/mol. The van der Waals surface area contributed by atoms with E-state index in [0.29, 0.717) is 6.04 Å². The molecule has 1 unspecified atom stereocenters. The Kier molecular flexibility index (Phi) is 3.69. The molecule has 0 bridgehead atoms. The third-order valence-electron chi connectivity index (χ3n) is 4.93. The first-order valence-electron chi connectivity index (χ1n) is 7.91. The van der Waals surface area contributed by atoms with Crippen LogP contribution < -0.4 is 0 Å². The van der Waals surface area contributed by atoms with Crippen LogP contribution in [-0.2, 0) is 0 Å². The van der Waals surface area contributed by atoms with Crippen molar-refractivity contribution >= 4 is 6.08 Å². The number of benzene rings is 2. The van der Waals surface area contributed by atoms with Crippen LogP contribution in [0.3, 0.4) is 0 Å². The predicted octanol–water partition coefficient (Wildman–Crippen LogP) is 4.93. The van der Waals surface area contributed by atoms with Gasteiger partial charge in [-0.2, -0.15) is 0 Å². The molecule has 3 rings (SSSR count). The molecule has 108 valence electrons. The van der Waals surface area contributed by atoms with E-state index in [2.05, 4.69) is 81.6 Å². The Morgan fingerprint density at radius 3 is 2.24 bits per heavy atom. The molecular formula is C20H24N+. The zero-order valence-electron chi connectivity index (χ0n) is 13.2. The highest BCUT2D eigenvalue weighted by Gasteiger charge is 2.38. The minimum absolute atomic E-state index is 0.404. The molecule has 1 heteroatoms. The third-order valence-corrected chi connectivity index (χ3v) is 4.93. The topological polar surface area (TPSA) is 0 Å². The molecule has 0 aliphatic carbocycles. The lowest BCUT2D eigenvalue weighted by Crippen LogP contribution is -2.47. The van der Waals surface area contributed by atoms with Gasteiger partial charge in [-0.1, -0.05) is 54.1 Å². The van der Waals surface area contributed by atoms with Crippen molar-refractivity contribution in [3.8, 4) is 0 Å². The first kappa shape index (κ1) is 14.1. The zero-order valence-corrected chi connectivity index (χ0v) is 13.2. The molecule has 1 atom stereocenters. The van der Waals surface area contributed by atoms with Gasteiger partial charge < -0.3 is 0 Å². The van der Waals surface area contributed by atoms with Gasteiger partial charge in [0.05, 0.1) is 19.3 Å².